The van der Waals surface area contributed by atoms with E-state index >= 15 is 0 Å². The maximum absolute atomic E-state index is 14.3. The van der Waals surface area contributed by atoms with Gasteiger partial charge in [-0.25, -0.2) is 8.78 Å². The highest BCUT2D eigenvalue weighted by Gasteiger charge is 2.49. The van der Waals surface area contributed by atoms with Crippen molar-refractivity contribution in [2.24, 2.45) is 5.92 Å². The molecule has 0 radical (unpaired) electrons. The van der Waals surface area contributed by atoms with Crippen molar-refractivity contribution in [2.75, 3.05) is 6.54 Å². The summed E-state index contributed by atoms with van der Waals surface area (Å²) in [7, 11) is 0. The van der Waals surface area contributed by atoms with Crippen LogP contribution in [0.3, 0.4) is 0 Å². The van der Waals surface area contributed by atoms with Crippen molar-refractivity contribution in [1.29, 1.82) is 0 Å². The molecular weight excluding hydrogens is 388 g/mol. The number of hydrogen-bond acceptors (Lipinski definition) is 3. The number of aromatic amines is 1. The quantitative estimate of drug-likeness (QED) is 0.634. The topological polar surface area (TPSA) is 66.8 Å². The molecule has 6 nitrogen and oxygen atoms in total. The van der Waals surface area contributed by atoms with Gasteiger partial charge in [-0.3, -0.25) is 4.79 Å². The molecule has 1 aromatic carbocycles. The molecule has 5 rings (SSSR count). The summed E-state index contributed by atoms with van der Waals surface area (Å²) in [5.74, 6) is -2.07. The minimum absolute atomic E-state index is 0.238. The maximum Gasteiger partial charge on any atom is 0.267 e. The summed E-state index contributed by atoms with van der Waals surface area (Å²) in [6, 6.07) is 7.31. The van der Waals surface area contributed by atoms with Gasteiger partial charge in [0.25, 0.3) is 5.92 Å². The number of fused-ring (bicyclic) bond motifs is 1. The third-order valence-corrected chi connectivity index (χ3v) is 6.20. The second-order valence-corrected chi connectivity index (χ2v) is 8.60. The number of H-pyrrole nitrogens is 1. The van der Waals surface area contributed by atoms with Crippen LogP contribution in [-0.2, 0) is 17.8 Å². The molecule has 1 amide bonds. The number of nitrogens with one attached hydrogen (secondary N) is 1. The molecule has 1 aliphatic heterocycles. The van der Waals surface area contributed by atoms with Crippen LogP contribution >= 0.6 is 0 Å². The summed E-state index contributed by atoms with van der Waals surface area (Å²) >= 11 is 0. The zero-order valence-electron chi connectivity index (χ0n) is 16.7. The fraction of sp³-hybridized carbons (Fsp3) is 0.500. The largest absolute Gasteiger partial charge is 0.361 e. The number of halogens is 2. The monoisotopic (exact) mass is 413 g/mol. The van der Waals surface area contributed by atoms with Crippen molar-refractivity contribution < 1.29 is 13.6 Å². The van der Waals surface area contributed by atoms with Crippen LogP contribution in [0.25, 0.3) is 10.9 Å². The van der Waals surface area contributed by atoms with Crippen LogP contribution in [0.4, 0.5) is 8.78 Å². The van der Waals surface area contributed by atoms with Gasteiger partial charge >= 0.3 is 0 Å². The van der Waals surface area contributed by atoms with E-state index in [9.17, 15) is 13.6 Å². The van der Waals surface area contributed by atoms with E-state index in [2.05, 4.69) is 15.2 Å². The Morgan fingerprint density at radius 2 is 2.10 bits per heavy atom. The van der Waals surface area contributed by atoms with Gasteiger partial charge in [0.2, 0.25) is 5.91 Å². The van der Waals surface area contributed by atoms with Crippen LogP contribution in [0.15, 0.2) is 36.8 Å². The predicted octanol–water partition coefficient (Wildman–Crippen LogP) is 4.10. The highest BCUT2D eigenvalue weighted by atomic mass is 19.3. The van der Waals surface area contributed by atoms with Crippen LogP contribution in [0.2, 0.25) is 0 Å². The van der Waals surface area contributed by atoms with E-state index in [1.54, 1.807) is 6.33 Å². The molecule has 2 fully saturated rings. The zero-order chi connectivity index (χ0) is 20.7. The van der Waals surface area contributed by atoms with Crippen LogP contribution in [0.1, 0.15) is 49.5 Å². The molecule has 158 valence electrons. The molecule has 1 atom stereocenters. The number of benzene rings is 1. The minimum Gasteiger partial charge on any atom is -0.361 e. The number of nitrogens with zero attached hydrogens (tertiary/aromatic N) is 4. The molecule has 2 aliphatic rings. The molecule has 2 aromatic heterocycles. The number of carbonyl (C=O) groups is 1. The third-order valence-electron chi connectivity index (χ3n) is 6.20. The van der Waals surface area contributed by atoms with E-state index in [1.165, 1.54) is 4.90 Å². The Bertz CT molecular complexity index is 1050. The Morgan fingerprint density at radius 3 is 2.93 bits per heavy atom. The van der Waals surface area contributed by atoms with Gasteiger partial charge in [-0.05, 0) is 43.2 Å². The predicted molar refractivity (Wildman–Crippen MR) is 108 cm³/mol. The summed E-state index contributed by atoms with van der Waals surface area (Å²) in [4.78, 5) is 17.5. The molecule has 1 saturated carbocycles. The average Bonchev–Trinajstić information content (AvgIpc) is 3.11. The molecule has 3 heterocycles. The second kappa shape index (κ2) is 7.49. The summed E-state index contributed by atoms with van der Waals surface area (Å²) < 4.78 is 30.4. The standard InChI is InChI=1S/C22H25F2N5O/c23-22(24)10-19(21-27-26-14-28(21)12-15-8-9-15)29(13-22)20(30)7-3-4-16-11-25-18-6-2-1-5-17(16)18/h1-2,5-6,11,14-15,19,25H,3-4,7-10,12-13H2/t19-/m0/s1. The number of alkyl halides is 2. The number of rotatable bonds is 7. The molecule has 1 aliphatic carbocycles. The van der Waals surface area contributed by atoms with Gasteiger partial charge in [0.05, 0.1) is 12.6 Å². The Morgan fingerprint density at radius 1 is 1.27 bits per heavy atom. The van der Waals surface area contributed by atoms with Gasteiger partial charge in [-0.1, -0.05) is 18.2 Å². The van der Waals surface area contributed by atoms with E-state index in [-0.39, 0.29) is 18.7 Å². The number of aromatic nitrogens is 4. The first-order valence-corrected chi connectivity index (χ1v) is 10.6. The van der Waals surface area contributed by atoms with Gasteiger partial charge in [0, 0.05) is 36.5 Å². The van der Waals surface area contributed by atoms with E-state index in [0.29, 0.717) is 18.2 Å². The number of aryl methyl sites for hydroxylation is 1. The Kier molecular flexibility index (Phi) is 4.79. The number of amides is 1. The van der Waals surface area contributed by atoms with Gasteiger partial charge in [0.15, 0.2) is 5.82 Å². The van der Waals surface area contributed by atoms with Crippen LogP contribution < -0.4 is 0 Å². The third kappa shape index (κ3) is 3.82. The maximum atomic E-state index is 14.3. The highest BCUT2D eigenvalue weighted by Crippen LogP contribution is 2.41. The number of para-hydroxylation sites is 1. The molecule has 8 heteroatoms. The van der Waals surface area contributed by atoms with Crippen molar-refractivity contribution in [1.82, 2.24) is 24.6 Å². The molecule has 0 spiro atoms. The summed E-state index contributed by atoms with van der Waals surface area (Å²) in [6.45, 7) is 0.201. The number of likely N-dealkylation sites (tertiary alicyclic amines) is 1. The van der Waals surface area contributed by atoms with E-state index < -0.39 is 18.5 Å². The molecule has 0 bridgehead atoms. The first-order valence-electron chi connectivity index (χ1n) is 10.6. The van der Waals surface area contributed by atoms with Gasteiger partial charge < -0.3 is 14.5 Å². The first-order chi connectivity index (χ1) is 14.5. The summed E-state index contributed by atoms with van der Waals surface area (Å²) in [6.07, 6.45) is 7.05. The Balaban J connectivity index is 1.26. The SMILES string of the molecule is O=C(CCCc1c[nH]c2ccccc12)N1CC(F)(F)C[C@H]1c1nncn1CC1CC1. The van der Waals surface area contributed by atoms with Gasteiger partial charge in [0.1, 0.15) is 6.33 Å². The summed E-state index contributed by atoms with van der Waals surface area (Å²) in [5.41, 5.74) is 2.21. The fourth-order valence-corrected chi connectivity index (χ4v) is 4.46. The van der Waals surface area contributed by atoms with Crippen LogP contribution in [0, 0.1) is 5.92 Å². The second-order valence-electron chi connectivity index (χ2n) is 8.60. The van der Waals surface area contributed by atoms with Crippen molar-refractivity contribution in [3.8, 4) is 0 Å². The molecule has 0 unspecified atom stereocenters. The number of carbonyl (C=O) groups excluding carboxylic acids is 1. The zero-order valence-corrected chi connectivity index (χ0v) is 16.7. The highest BCUT2D eigenvalue weighted by molar-refractivity contribution is 5.83. The van der Waals surface area contributed by atoms with Crippen LogP contribution in [-0.4, -0.2) is 43.0 Å². The molecule has 1 N–H and O–H groups in total. The lowest BCUT2D eigenvalue weighted by Gasteiger charge is -2.23. The van der Waals surface area contributed by atoms with Crippen molar-refractivity contribution in [3.05, 3.63) is 48.2 Å². The normalized spacial score (nSPS) is 20.9. The van der Waals surface area contributed by atoms with Crippen LogP contribution in [0.5, 0.6) is 0 Å². The average molecular weight is 413 g/mol. The van der Waals surface area contributed by atoms with Gasteiger partial charge in [-0.2, -0.15) is 0 Å². The first kappa shape index (κ1) is 19.2. The van der Waals surface area contributed by atoms with Crippen molar-refractivity contribution in [2.45, 2.75) is 57.0 Å². The van der Waals surface area contributed by atoms with E-state index in [1.807, 2.05) is 35.0 Å². The molecule has 1 saturated heterocycles. The molecule has 30 heavy (non-hydrogen) atoms. The Labute approximate surface area is 173 Å². The molecular formula is C22H25F2N5O. The van der Waals surface area contributed by atoms with E-state index in [4.69, 9.17) is 0 Å². The molecule has 3 aromatic rings. The lowest BCUT2D eigenvalue weighted by Crippen LogP contribution is -2.34. The van der Waals surface area contributed by atoms with Crippen molar-refractivity contribution in [3.63, 3.8) is 0 Å². The number of hydrogen-bond donors (Lipinski definition) is 1. The Hall–Kier alpha value is -2.77. The lowest BCUT2D eigenvalue weighted by molar-refractivity contribution is -0.133. The van der Waals surface area contributed by atoms with Crippen molar-refractivity contribution >= 4 is 16.8 Å². The minimum atomic E-state index is -2.90. The lowest BCUT2D eigenvalue weighted by atomic mass is 10.1. The summed E-state index contributed by atoms with van der Waals surface area (Å²) in [5, 5.41) is 9.20. The van der Waals surface area contributed by atoms with E-state index in [0.717, 1.165) is 42.3 Å². The van der Waals surface area contributed by atoms with Gasteiger partial charge in [-0.15, -0.1) is 10.2 Å². The smallest absolute Gasteiger partial charge is 0.267 e. The fourth-order valence-electron chi connectivity index (χ4n) is 4.46.